The first-order valence-electron chi connectivity index (χ1n) is 10.2. The van der Waals surface area contributed by atoms with Gasteiger partial charge in [0.05, 0.1) is 23.4 Å². The molecule has 0 radical (unpaired) electrons. The highest BCUT2D eigenvalue weighted by Crippen LogP contribution is 2.24. The molecule has 1 N–H and O–H groups in total. The molecule has 33 heavy (non-hydrogen) atoms. The molecule has 0 aromatic heterocycles. The summed E-state index contributed by atoms with van der Waals surface area (Å²) < 4.78 is 56.8. The van der Waals surface area contributed by atoms with E-state index in [4.69, 9.17) is 4.74 Å². The summed E-state index contributed by atoms with van der Waals surface area (Å²) in [6, 6.07) is 10.2. The van der Waals surface area contributed by atoms with Crippen LogP contribution in [0.5, 0.6) is 5.75 Å². The highest BCUT2D eigenvalue weighted by molar-refractivity contribution is 7.92. The Labute approximate surface area is 196 Å². The van der Waals surface area contributed by atoms with Gasteiger partial charge in [0, 0.05) is 14.1 Å². The summed E-state index contributed by atoms with van der Waals surface area (Å²) in [6.07, 6.45) is 1.06. The van der Waals surface area contributed by atoms with Gasteiger partial charge >= 0.3 is 0 Å². The molecule has 0 aliphatic heterocycles. The van der Waals surface area contributed by atoms with Gasteiger partial charge in [-0.2, -0.15) is 0 Å². The number of nitrogens with one attached hydrogen (secondary N) is 1. The predicted octanol–water partition coefficient (Wildman–Crippen LogP) is 1.90. The van der Waals surface area contributed by atoms with Gasteiger partial charge in [0.15, 0.2) is 0 Å². The minimum atomic E-state index is -3.70. The number of amides is 1. The predicted molar refractivity (Wildman–Crippen MR) is 129 cm³/mol. The number of sulfonamides is 2. The number of carbonyl (C=O) groups is 1. The molecule has 0 spiro atoms. The maximum absolute atomic E-state index is 12.6. The van der Waals surface area contributed by atoms with E-state index >= 15 is 0 Å². The Hall–Kier alpha value is -2.63. The normalized spacial score (nSPS) is 12.9. The van der Waals surface area contributed by atoms with E-state index < -0.39 is 32.0 Å². The van der Waals surface area contributed by atoms with Crippen molar-refractivity contribution in [3.05, 3.63) is 53.6 Å². The van der Waals surface area contributed by atoms with E-state index in [-0.39, 0.29) is 18.0 Å². The first-order valence-corrected chi connectivity index (χ1v) is 13.5. The van der Waals surface area contributed by atoms with Crippen LogP contribution in [-0.2, 0) is 24.8 Å². The molecule has 182 valence electrons. The summed E-state index contributed by atoms with van der Waals surface area (Å²) in [6.45, 7) is 5.60. The molecule has 0 aliphatic rings. The zero-order chi connectivity index (χ0) is 25.0. The summed E-state index contributed by atoms with van der Waals surface area (Å²) >= 11 is 0. The van der Waals surface area contributed by atoms with Gasteiger partial charge in [-0.15, -0.1) is 0 Å². The maximum atomic E-state index is 12.6. The van der Waals surface area contributed by atoms with Crippen molar-refractivity contribution in [3.8, 4) is 5.75 Å². The van der Waals surface area contributed by atoms with Crippen LogP contribution in [0.15, 0.2) is 47.4 Å². The fourth-order valence-electron chi connectivity index (χ4n) is 3.08. The summed E-state index contributed by atoms with van der Waals surface area (Å²) in [5, 5.41) is 2.68. The van der Waals surface area contributed by atoms with Crippen LogP contribution in [0.4, 0.5) is 5.69 Å². The van der Waals surface area contributed by atoms with E-state index in [1.165, 1.54) is 45.3 Å². The third-order valence-electron chi connectivity index (χ3n) is 5.11. The van der Waals surface area contributed by atoms with Crippen molar-refractivity contribution in [3.63, 3.8) is 0 Å². The van der Waals surface area contributed by atoms with E-state index in [9.17, 15) is 21.6 Å². The number of aryl methyl sites for hydroxylation is 2. The lowest BCUT2D eigenvalue weighted by Gasteiger charge is -2.28. The fraction of sp³-hybridized carbons (Fsp3) is 0.409. The molecule has 0 bridgehead atoms. The monoisotopic (exact) mass is 497 g/mol. The zero-order valence-electron chi connectivity index (χ0n) is 19.7. The molecule has 1 amide bonds. The number of rotatable bonds is 10. The molecule has 0 saturated carbocycles. The zero-order valence-corrected chi connectivity index (χ0v) is 21.3. The van der Waals surface area contributed by atoms with Gasteiger partial charge in [-0.1, -0.05) is 6.07 Å². The van der Waals surface area contributed by atoms with Gasteiger partial charge < -0.3 is 10.1 Å². The van der Waals surface area contributed by atoms with Crippen LogP contribution in [0, 0.1) is 13.8 Å². The number of hydrogen-bond donors (Lipinski definition) is 1. The van der Waals surface area contributed by atoms with Crippen LogP contribution >= 0.6 is 0 Å². The number of benzene rings is 2. The standard InChI is InChI=1S/C22H31N3O6S2/c1-16-7-8-19(15-17(16)2)25(32(6,27)28)18(3)22(26)23-13-14-31-20-9-11-21(12-10-20)33(29,30)24(4)5/h7-12,15,18H,13-14H2,1-6H3,(H,23,26). The molecular weight excluding hydrogens is 466 g/mol. The van der Waals surface area contributed by atoms with Crippen LogP contribution in [0.1, 0.15) is 18.1 Å². The Morgan fingerprint density at radius 3 is 2.12 bits per heavy atom. The molecule has 0 fully saturated rings. The van der Waals surface area contributed by atoms with Gasteiger partial charge in [-0.05, 0) is 68.3 Å². The third-order valence-corrected chi connectivity index (χ3v) is 8.18. The third kappa shape index (κ3) is 6.68. The lowest BCUT2D eigenvalue weighted by atomic mass is 10.1. The van der Waals surface area contributed by atoms with Gasteiger partial charge in [0.1, 0.15) is 18.4 Å². The Kier molecular flexibility index (Phi) is 8.50. The summed E-state index contributed by atoms with van der Waals surface area (Å²) in [4.78, 5) is 12.8. The van der Waals surface area contributed by atoms with Crippen molar-refractivity contribution < 1.29 is 26.4 Å². The highest BCUT2D eigenvalue weighted by atomic mass is 32.2. The van der Waals surface area contributed by atoms with Crippen molar-refractivity contribution >= 4 is 31.6 Å². The number of hydrogen-bond acceptors (Lipinski definition) is 6. The van der Waals surface area contributed by atoms with Gasteiger partial charge in [0.2, 0.25) is 26.0 Å². The average molecular weight is 498 g/mol. The van der Waals surface area contributed by atoms with Crippen LogP contribution in [0.25, 0.3) is 0 Å². The van der Waals surface area contributed by atoms with Crippen molar-refractivity contribution in [2.24, 2.45) is 0 Å². The van der Waals surface area contributed by atoms with E-state index in [0.717, 1.165) is 26.0 Å². The minimum absolute atomic E-state index is 0.126. The molecular formula is C22H31N3O6S2. The number of anilines is 1. The van der Waals surface area contributed by atoms with Crippen LogP contribution in [-0.4, -0.2) is 66.6 Å². The lowest BCUT2D eigenvalue weighted by molar-refractivity contribution is -0.121. The highest BCUT2D eigenvalue weighted by Gasteiger charge is 2.29. The van der Waals surface area contributed by atoms with Crippen LogP contribution < -0.4 is 14.4 Å². The summed E-state index contributed by atoms with van der Waals surface area (Å²) in [5.41, 5.74) is 2.37. The Bertz CT molecular complexity index is 1190. The topological polar surface area (TPSA) is 113 Å². The largest absolute Gasteiger partial charge is 0.492 e. The molecule has 0 saturated heterocycles. The first-order chi connectivity index (χ1) is 15.2. The quantitative estimate of drug-likeness (QED) is 0.502. The Balaban J connectivity index is 1.98. The van der Waals surface area contributed by atoms with E-state index in [0.29, 0.717) is 11.4 Å². The van der Waals surface area contributed by atoms with Crippen molar-refractivity contribution in [1.29, 1.82) is 0 Å². The molecule has 1 unspecified atom stereocenters. The van der Waals surface area contributed by atoms with Gasteiger partial charge in [-0.3, -0.25) is 9.10 Å². The second kappa shape index (κ2) is 10.5. The lowest BCUT2D eigenvalue weighted by Crippen LogP contribution is -2.48. The molecule has 0 aliphatic carbocycles. The molecule has 2 aromatic carbocycles. The molecule has 0 heterocycles. The molecule has 11 heteroatoms. The van der Waals surface area contributed by atoms with Crippen molar-refractivity contribution in [1.82, 2.24) is 9.62 Å². The van der Waals surface area contributed by atoms with E-state index in [1.54, 1.807) is 12.1 Å². The Morgan fingerprint density at radius 1 is 1.00 bits per heavy atom. The van der Waals surface area contributed by atoms with Crippen molar-refractivity contribution in [2.75, 3.05) is 37.8 Å². The van der Waals surface area contributed by atoms with Gasteiger partial charge in [-0.25, -0.2) is 21.1 Å². The second-order valence-electron chi connectivity index (χ2n) is 7.90. The van der Waals surface area contributed by atoms with Gasteiger partial charge in [0.25, 0.3) is 0 Å². The van der Waals surface area contributed by atoms with Crippen LogP contribution in [0.3, 0.4) is 0 Å². The molecule has 1 atom stereocenters. The number of carbonyl (C=O) groups excluding carboxylic acids is 1. The summed E-state index contributed by atoms with van der Waals surface area (Å²) in [5.74, 6) is -0.0161. The molecule has 2 aromatic rings. The summed E-state index contributed by atoms with van der Waals surface area (Å²) in [7, 11) is -4.31. The Morgan fingerprint density at radius 2 is 1.61 bits per heavy atom. The fourth-order valence-corrected chi connectivity index (χ4v) is 5.15. The SMILES string of the molecule is Cc1ccc(N(C(C)C(=O)NCCOc2ccc(S(=O)(=O)N(C)C)cc2)S(C)(=O)=O)cc1C. The second-order valence-corrected chi connectivity index (χ2v) is 11.9. The van der Waals surface area contributed by atoms with Crippen molar-refractivity contribution in [2.45, 2.75) is 31.7 Å². The smallest absolute Gasteiger partial charge is 0.243 e. The molecule has 2 rings (SSSR count). The van der Waals surface area contributed by atoms with Crippen LogP contribution in [0.2, 0.25) is 0 Å². The average Bonchev–Trinajstić information content (AvgIpc) is 2.73. The van der Waals surface area contributed by atoms with E-state index in [2.05, 4.69) is 5.32 Å². The number of ether oxygens (including phenoxy) is 1. The molecule has 9 nitrogen and oxygen atoms in total. The maximum Gasteiger partial charge on any atom is 0.243 e. The minimum Gasteiger partial charge on any atom is -0.492 e. The number of nitrogens with zero attached hydrogens (tertiary/aromatic N) is 2. The first kappa shape index (κ1) is 26.6. The van der Waals surface area contributed by atoms with E-state index in [1.807, 2.05) is 19.9 Å².